The van der Waals surface area contributed by atoms with Crippen LogP contribution in [0.15, 0.2) is 18.3 Å². The molecule has 0 aliphatic rings. The first-order valence-corrected chi connectivity index (χ1v) is 4.74. The highest BCUT2D eigenvalue weighted by Gasteiger charge is 2.17. The first-order chi connectivity index (χ1) is 6.15. The van der Waals surface area contributed by atoms with Crippen LogP contribution in [0.4, 0.5) is 0 Å². The quantitative estimate of drug-likeness (QED) is 0.667. The summed E-state index contributed by atoms with van der Waals surface area (Å²) in [7, 11) is 0. The number of aliphatic hydroxyl groups is 2. The van der Waals surface area contributed by atoms with Crippen molar-refractivity contribution in [3.63, 3.8) is 0 Å². The summed E-state index contributed by atoms with van der Waals surface area (Å²) in [6.45, 7) is 0. The van der Waals surface area contributed by atoms with Gasteiger partial charge in [0.05, 0.1) is 16.8 Å². The first kappa shape index (κ1) is 10.8. The molecule has 0 aromatic carbocycles. The second kappa shape index (κ2) is 4.81. The summed E-state index contributed by atoms with van der Waals surface area (Å²) in [5.41, 5.74) is 0.394. The van der Waals surface area contributed by atoms with Gasteiger partial charge < -0.3 is 10.2 Å². The molecule has 0 saturated heterocycles. The molecule has 0 radical (unpaired) electrons. The van der Waals surface area contributed by atoms with E-state index in [2.05, 4.69) is 17.6 Å². The molecule has 1 aromatic rings. The van der Waals surface area contributed by atoms with Crippen molar-refractivity contribution >= 4 is 24.2 Å². The van der Waals surface area contributed by atoms with Crippen LogP contribution in [0.25, 0.3) is 0 Å². The zero-order valence-electron chi connectivity index (χ0n) is 6.76. The van der Waals surface area contributed by atoms with Crippen LogP contribution in [-0.4, -0.2) is 27.1 Å². The number of nitrogens with zero attached hydrogens (tertiary/aromatic N) is 1. The highest BCUT2D eigenvalue weighted by Crippen LogP contribution is 2.16. The Hall–Kier alpha value is -0.290. The first-order valence-electron chi connectivity index (χ1n) is 3.73. The van der Waals surface area contributed by atoms with E-state index in [1.54, 1.807) is 12.1 Å². The van der Waals surface area contributed by atoms with Crippen molar-refractivity contribution in [1.29, 1.82) is 0 Å². The fraction of sp³-hybridized carbons (Fsp3) is 0.375. The van der Waals surface area contributed by atoms with Gasteiger partial charge in [0.2, 0.25) is 0 Å². The lowest BCUT2D eigenvalue weighted by molar-refractivity contribution is 0.0310. The third-order valence-corrected chi connectivity index (χ3v) is 2.20. The normalized spacial score (nSPS) is 15.4. The molecule has 0 bridgehead atoms. The molecule has 2 atom stereocenters. The number of rotatable bonds is 3. The number of aliphatic hydroxyl groups excluding tert-OH is 2. The van der Waals surface area contributed by atoms with Crippen molar-refractivity contribution in [2.45, 2.75) is 12.2 Å². The Kier molecular flexibility index (Phi) is 3.99. The molecule has 0 fully saturated rings. The Morgan fingerprint density at radius 2 is 2.15 bits per heavy atom. The highest BCUT2D eigenvalue weighted by atomic mass is 35.5. The molecule has 2 unspecified atom stereocenters. The number of aromatic nitrogens is 1. The summed E-state index contributed by atoms with van der Waals surface area (Å²) in [5.74, 6) is 0.186. The zero-order valence-corrected chi connectivity index (χ0v) is 8.41. The third kappa shape index (κ3) is 2.84. The summed E-state index contributed by atoms with van der Waals surface area (Å²) in [5, 5.41) is 19.2. The standard InChI is InChI=1S/C8H10ClNO2S/c9-5-1-2-6(10-3-5)8(12)7(11)4-13/h1-3,7-8,11-13H,4H2. The minimum Gasteiger partial charge on any atom is -0.389 e. The van der Waals surface area contributed by atoms with Gasteiger partial charge in [0, 0.05) is 11.9 Å². The molecule has 72 valence electrons. The monoisotopic (exact) mass is 219 g/mol. The SMILES string of the molecule is OC(CS)C(O)c1ccc(Cl)cn1. The number of hydrogen-bond donors (Lipinski definition) is 3. The van der Waals surface area contributed by atoms with Crippen LogP contribution < -0.4 is 0 Å². The molecule has 0 aliphatic heterocycles. The zero-order chi connectivity index (χ0) is 9.84. The Bertz CT molecular complexity index is 267. The van der Waals surface area contributed by atoms with E-state index in [0.717, 1.165) is 0 Å². The van der Waals surface area contributed by atoms with Crippen LogP contribution in [0.3, 0.4) is 0 Å². The van der Waals surface area contributed by atoms with E-state index in [1.165, 1.54) is 6.20 Å². The lowest BCUT2D eigenvalue weighted by Crippen LogP contribution is -2.20. The maximum atomic E-state index is 9.48. The third-order valence-electron chi connectivity index (χ3n) is 1.60. The number of thiol groups is 1. The van der Waals surface area contributed by atoms with E-state index in [-0.39, 0.29) is 5.75 Å². The van der Waals surface area contributed by atoms with Gasteiger partial charge in [-0.15, -0.1) is 0 Å². The summed E-state index contributed by atoms with van der Waals surface area (Å²) in [6, 6.07) is 3.18. The van der Waals surface area contributed by atoms with Gasteiger partial charge in [0.15, 0.2) is 0 Å². The van der Waals surface area contributed by atoms with Gasteiger partial charge in [0.25, 0.3) is 0 Å². The molecular weight excluding hydrogens is 210 g/mol. The average molecular weight is 220 g/mol. The Morgan fingerprint density at radius 1 is 1.46 bits per heavy atom. The fourth-order valence-corrected chi connectivity index (χ4v) is 1.17. The topological polar surface area (TPSA) is 53.4 Å². The molecule has 13 heavy (non-hydrogen) atoms. The minimum atomic E-state index is -1.00. The lowest BCUT2D eigenvalue weighted by atomic mass is 10.1. The van der Waals surface area contributed by atoms with Gasteiger partial charge in [-0.25, -0.2) is 0 Å². The lowest BCUT2D eigenvalue weighted by Gasteiger charge is -2.14. The number of halogens is 1. The molecule has 0 aliphatic carbocycles. The molecule has 0 saturated carbocycles. The summed E-state index contributed by atoms with van der Waals surface area (Å²) in [6.07, 6.45) is -0.488. The summed E-state index contributed by atoms with van der Waals surface area (Å²) in [4.78, 5) is 3.87. The van der Waals surface area contributed by atoms with Crippen molar-refractivity contribution in [2.24, 2.45) is 0 Å². The predicted octanol–water partition coefficient (Wildman–Crippen LogP) is 1.06. The van der Waals surface area contributed by atoms with Gasteiger partial charge in [0.1, 0.15) is 6.10 Å². The van der Waals surface area contributed by atoms with Crippen LogP contribution >= 0.6 is 24.2 Å². The second-order valence-electron chi connectivity index (χ2n) is 2.60. The van der Waals surface area contributed by atoms with Gasteiger partial charge in [-0.05, 0) is 12.1 Å². The van der Waals surface area contributed by atoms with Crippen LogP contribution in [0.5, 0.6) is 0 Å². The average Bonchev–Trinajstić information content (AvgIpc) is 2.17. The number of hydrogen-bond acceptors (Lipinski definition) is 4. The molecule has 1 rings (SSSR count). The molecule has 0 amide bonds. The summed E-state index contributed by atoms with van der Waals surface area (Å²) >= 11 is 9.47. The molecular formula is C8H10ClNO2S. The van der Waals surface area contributed by atoms with E-state index in [9.17, 15) is 10.2 Å². The van der Waals surface area contributed by atoms with E-state index >= 15 is 0 Å². The van der Waals surface area contributed by atoms with Gasteiger partial charge in [-0.2, -0.15) is 12.6 Å². The highest BCUT2D eigenvalue weighted by molar-refractivity contribution is 7.80. The maximum Gasteiger partial charge on any atom is 0.122 e. The molecule has 5 heteroatoms. The van der Waals surface area contributed by atoms with Crippen molar-refractivity contribution in [2.75, 3.05) is 5.75 Å². The molecule has 3 nitrogen and oxygen atoms in total. The van der Waals surface area contributed by atoms with E-state index < -0.39 is 12.2 Å². The van der Waals surface area contributed by atoms with E-state index in [1.807, 2.05) is 0 Å². The Labute approximate surface area is 86.8 Å². The fourth-order valence-electron chi connectivity index (χ4n) is 0.859. The van der Waals surface area contributed by atoms with Crippen LogP contribution in [-0.2, 0) is 0 Å². The van der Waals surface area contributed by atoms with Gasteiger partial charge >= 0.3 is 0 Å². The van der Waals surface area contributed by atoms with Crippen LogP contribution in [0.1, 0.15) is 11.8 Å². The summed E-state index contributed by atoms with van der Waals surface area (Å²) < 4.78 is 0. The number of pyridine rings is 1. The van der Waals surface area contributed by atoms with Gasteiger partial charge in [-0.3, -0.25) is 4.98 Å². The minimum absolute atomic E-state index is 0.186. The smallest absolute Gasteiger partial charge is 0.122 e. The maximum absolute atomic E-state index is 9.48. The molecule has 1 aromatic heterocycles. The largest absolute Gasteiger partial charge is 0.389 e. The van der Waals surface area contributed by atoms with Crippen molar-refractivity contribution in [3.05, 3.63) is 29.0 Å². The molecule has 1 heterocycles. The Balaban J connectivity index is 2.77. The van der Waals surface area contributed by atoms with Crippen molar-refractivity contribution in [1.82, 2.24) is 4.98 Å². The molecule has 2 N–H and O–H groups in total. The molecule has 0 spiro atoms. The van der Waals surface area contributed by atoms with Crippen molar-refractivity contribution in [3.8, 4) is 0 Å². The van der Waals surface area contributed by atoms with E-state index in [0.29, 0.717) is 10.7 Å². The van der Waals surface area contributed by atoms with Crippen LogP contribution in [0.2, 0.25) is 5.02 Å². The Morgan fingerprint density at radius 3 is 2.62 bits per heavy atom. The van der Waals surface area contributed by atoms with Crippen molar-refractivity contribution < 1.29 is 10.2 Å². The second-order valence-corrected chi connectivity index (χ2v) is 3.40. The van der Waals surface area contributed by atoms with Gasteiger partial charge in [-0.1, -0.05) is 11.6 Å². The predicted molar refractivity (Wildman–Crippen MR) is 54.1 cm³/mol. The van der Waals surface area contributed by atoms with Crippen LogP contribution in [0, 0.1) is 0 Å². The van der Waals surface area contributed by atoms with E-state index in [4.69, 9.17) is 11.6 Å².